The molecule has 2 aliphatic rings. The van der Waals surface area contributed by atoms with Gasteiger partial charge in [0.05, 0.1) is 0 Å². The van der Waals surface area contributed by atoms with Gasteiger partial charge in [-0.1, -0.05) is 31.0 Å². The number of nitrogens with one attached hydrogen (secondary N) is 1. The number of ether oxygens (including phenoxy) is 1. The van der Waals surface area contributed by atoms with Crippen LogP contribution in [0.4, 0.5) is 10.5 Å². The van der Waals surface area contributed by atoms with Gasteiger partial charge in [-0.15, -0.1) is 0 Å². The monoisotopic (exact) mass is 387 g/mol. The van der Waals surface area contributed by atoms with Crippen LogP contribution in [-0.2, 0) is 9.53 Å². The number of carbonyl (C=O) groups excluding carboxylic acids is 2. The molecule has 0 aromatic heterocycles. The average molecular weight is 388 g/mol. The van der Waals surface area contributed by atoms with E-state index in [1.165, 1.54) is 25.7 Å². The van der Waals surface area contributed by atoms with Crippen molar-refractivity contribution in [2.75, 3.05) is 25.0 Å². The topological polar surface area (TPSA) is 61.9 Å². The first kappa shape index (κ1) is 20.6. The molecule has 3 rings (SSSR count). The first-order chi connectivity index (χ1) is 13.3. The molecule has 2 heterocycles. The van der Waals surface area contributed by atoms with Crippen molar-refractivity contribution >= 4 is 17.7 Å². The number of nitrogens with zero attached hydrogens (tertiary/aromatic N) is 2. The summed E-state index contributed by atoms with van der Waals surface area (Å²) in [5.41, 5.74) is 1.49. The molecule has 2 aliphatic heterocycles. The molecule has 1 saturated heterocycles. The standard InChI is InChI=1S/C22H33N3O3/c1-22(2,3)28-21(27)23-17-15-19(25-13-9-5-6-10-14-25)16-11-7-8-12-18(16)24(4)20(17)26/h7-8,11-12,17,19H,5-6,9-10,13-15H2,1-4H3,(H,23,27). The third-order valence-corrected chi connectivity index (χ3v) is 5.52. The quantitative estimate of drug-likeness (QED) is 0.837. The molecule has 0 radical (unpaired) electrons. The summed E-state index contributed by atoms with van der Waals surface area (Å²) in [5.74, 6) is -0.101. The zero-order valence-corrected chi connectivity index (χ0v) is 17.5. The van der Waals surface area contributed by atoms with Crippen molar-refractivity contribution in [2.45, 2.75) is 70.6 Å². The molecule has 1 aromatic carbocycles. The number of alkyl carbamates (subject to hydrolysis) is 1. The number of fused-ring (bicyclic) bond motifs is 1. The van der Waals surface area contributed by atoms with Crippen molar-refractivity contribution < 1.29 is 14.3 Å². The summed E-state index contributed by atoms with van der Waals surface area (Å²) in [6.07, 6.45) is 4.87. The number of amides is 2. The van der Waals surface area contributed by atoms with Gasteiger partial charge in [0.25, 0.3) is 0 Å². The van der Waals surface area contributed by atoms with Crippen molar-refractivity contribution in [3.8, 4) is 0 Å². The molecule has 6 heteroatoms. The molecule has 154 valence electrons. The molecule has 28 heavy (non-hydrogen) atoms. The van der Waals surface area contributed by atoms with Crippen LogP contribution in [0.3, 0.4) is 0 Å². The number of carbonyl (C=O) groups is 2. The zero-order chi connectivity index (χ0) is 20.3. The summed E-state index contributed by atoms with van der Waals surface area (Å²) in [4.78, 5) is 29.7. The third-order valence-electron chi connectivity index (χ3n) is 5.52. The van der Waals surface area contributed by atoms with Gasteiger partial charge in [-0.25, -0.2) is 4.79 Å². The van der Waals surface area contributed by atoms with Crippen LogP contribution >= 0.6 is 0 Å². The lowest BCUT2D eigenvalue weighted by atomic mass is 9.97. The molecule has 0 saturated carbocycles. The third kappa shape index (κ3) is 4.85. The molecular weight excluding hydrogens is 354 g/mol. The van der Waals surface area contributed by atoms with E-state index in [2.05, 4.69) is 16.3 Å². The summed E-state index contributed by atoms with van der Waals surface area (Å²) in [7, 11) is 1.79. The van der Waals surface area contributed by atoms with E-state index in [1.807, 2.05) is 39.0 Å². The molecule has 2 amide bonds. The van der Waals surface area contributed by atoms with Gasteiger partial charge in [0, 0.05) is 18.8 Å². The van der Waals surface area contributed by atoms with Crippen molar-refractivity contribution in [1.29, 1.82) is 0 Å². The molecule has 0 spiro atoms. The smallest absolute Gasteiger partial charge is 0.408 e. The maximum absolute atomic E-state index is 13.1. The van der Waals surface area contributed by atoms with Crippen LogP contribution in [0, 0.1) is 0 Å². The average Bonchev–Trinajstić information content (AvgIpc) is 2.95. The molecular formula is C22H33N3O3. The van der Waals surface area contributed by atoms with E-state index in [0.29, 0.717) is 6.42 Å². The Balaban J connectivity index is 1.89. The lowest BCUT2D eigenvalue weighted by molar-refractivity contribution is -0.120. The highest BCUT2D eigenvalue weighted by Gasteiger charge is 2.37. The maximum Gasteiger partial charge on any atom is 0.408 e. The Morgan fingerprint density at radius 1 is 1.11 bits per heavy atom. The first-order valence-corrected chi connectivity index (χ1v) is 10.4. The van der Waals surface area contributed by atoms with Gasteiger partial charge in [-0.2, -0.15) is 0 Å². The highest BCUT2D eigenvalue weighted by molar-refractivity contribution is 5.99. The molecule has 6 nitrogen and oxygen atoms in total. The van der Waals surface area contributed by atoms with Gasteiger partial charge < -0.3 is 15.0 Å². The van der Waals surface area contributed by atoms with E-state index < -0.39 is 17.7 Å². The minimum Gasteiger partial charge on any atom is -0.444 e. The Labute approximate surface area is 168 Å². The van der Waals surface area contributed by atoms with Gasteiger partial charge >= 0.3 is 6.09 Å². The lowest BCUT2D eigenvalue weighted by Gasteiger charge is -2.32. The summed E-state index contributed by atoms with van der Waals surface area (Å²) in [6.45, 7) is 7.52. The summed E-state index contributed by atoms with van der Waals surface area (Å²) < 4.78 is 5.41. The van der Waals surface area contributed by atoms with E-state index in [0.717, 1.165) is 24.3 Å². The summed E-state index contributed by atoms with van der Waals surface area (Å²) in [6, 6.07) is 7.59. The Bertz CT molecular complexity index is 705. The second-order valence-electron chi connectivity index (χ2n) is 8.86. The van der Waals surface area contributed by atoms with E-state index in [9.17, 15) is 9.59 Å². The normalized spacial score (nSPS) is 24.1. The highest BCUT2D eigenvalue weighted by Crippen LogP contribution is 2.37. The van der Waals surface area contributed by atoms with Crippen molar-refractivity contribution in [3.05, 3.63) is 29.8 Å². The summed E-state index contributed by atoms with van der Waals surface area (Å²) >= 11 is 0. The largest absolute Gasteiger partial charge is 0.444 e. The first-order valence-electron chi connectivity index (χ1n) is 10.4. The minimum atomic E-state index is -0.611. The molecule has 2 unspecified atom stereocenters. The number of benzene rings is 1. The molecule has 0 bridgehead atoms. The number of hydrogen-bond acceptors (Lipinski definition) is 4. The van der Waals surface area contributed by atoms with Gasteiger partial charge in [0.1, 0.15) is 11.6 Å². The maximum atomic E-state index is 13.1. The van der Waals surface area contributed by atoms with E-state index in [4.69, 9.17) is 4.74 Å². The second kappa shape index (κ2) is 8.52. The van der Waals surface area contributed by atoms with Gasteiger partial charge in [-0.05, 0) is 64.8 Å². The number of likely N-dealkylation sites (tertiary alicyclic amines) is 1. The van der Waals surface area contributed by atoms with Crippen LogP contribution < -0.4 is 10.2 Å². The number of para-hydroxylation sites is 1. The summed E-state index contributed by atoms with van der Waals surface area (Å²) in [5, 5.41) is 2.84. The Morgan fingerprint density at radius 2 is 1.75 bits per heavy atom. The molecule has 1 N–H and O–H groups in total. The molecule has 1 aromatic rings. The van der Waals surface area contributed by atoms with E-state index in [-0.39, 0.29) is 11.9 Å². The predicted octanol–water partition coefficient (Wildman–Crippen LogP) is 3.86. The van der Waals surface area contributed by atoms with E-state index in [1.54, 1.807) is 11.9 Å². The number of anilines is 1. The van der Waals surface area contributed by atoms with Crippen LogP contribution in [0.5, 0.6) is 0 Å². The molecule has 1 fully saturated rings. The minimum absolute atomic E-state index is 0.100. The second-order valence-corrected chi connectivity index (χ2v) is 8.86. The predicted molar refractivity (Wildman–Crippen MR) is 110 cm³/mol. The molecule has 2 atom stereocenters. The van der Waals surface area contributed by atoms with Crippen molar-refractivity contribution in [1.82, 2.24) is 10.2 Å². The SMILES string of the molecule is CN1C(=O)C(NC(=O)OC(C)(C)C)CC(N2CCCCCC2)c2ccccc21. The Morgan fingerprint density at radius 3 is 2.39 bits per heavy atom. The highest BCUT2D eigenvalue weighted by atomic mass is 16.6. The number of likely N-dealkylation sites (N-methyl/N-ethyl adjacent to an activating group) is 1. The number of rotatable bonds is 2. The zero-order valence-electron chi connectivity index (χ0n) is 17.5. The Hall–Kier alpha value is -2.08. The van der Waals surface area contributed by atoms with Crippen LogP contribution in [0.25, 0.3) is 0 Å². The fraction of sp³-hybridized carbons (Fsp3) is 0.636. The van der Waals surface area contributed by atoms with Gasteiger partial charge in [0.2, 0.25) is 5.91 Å². The van der Waals surface area contributed by atoms with Crippen LogP contribution in [0.15, 0.2) is 24.3 Å². The van der Waals surface area contributed by atoms with Crippen molar-refractivity contribution in [3.63, 3.8) is 0 Å². The fourth-order valence-corrected chi connectivity index (χ4v) is 4.20. The number of hydrogen-bond donors (Lipinski definition) is 1. The van der Waals surface area contributed by atoms with Crippen molar-refractivity contribution in [2.24, 2.45) is 0 Å². The van der Waals surface area contributed by atoms with Gasteiger partial charge in [0.15, 0.2) is 0 Å². The van der Waals surface area contributed by atoms with Gasteiger partial charge in [-0.3, -0.25) is 9.69 Å². The molecule has 0 aliphatic carbocycles. The fourth-order valence-electron chi connectivity index (χ4n) is 4.20. The van der Waals surface area contributed by atoms with E-state index >= 15 is 0 Å². The van der Waals surface area contributed by atoms with Crippen LogP contribution in [-0.4, -0.2) is 48.7 Å². The van der Waals surface area contributed by atoms with Crippen LogP contribution in [0.2, 0.25) is 0 Å². The lowest BCUT2D eigenvalue weighted by Crippen LogP contribution is -2.49. The van der Waals surface area contributed by atoms with Crippen LogP contribution in [0.1, 0.15) is 64.5 Å². The Kier molecular flexibility index (Phi) is 6.28.